The molecular formula is C25H30F2N6O3. The van der Waals surface area contributed by atoms with Gasteiger partial charge in [0.05, 0.1) is 17.3 Å². The third-order valence-corrected chi connectivity index (χ3v) is 9.13. The zero-order chi connectivity index (χ0) is 24.8. The highest BCUT2D eigenvalue weighted by atomic mass is 19.3. The Hall–Kier alpha value is -2.95. The number of hydrogen-bond donors (Lipinski definition) is 4. The molecule has 36 heavy (non-hydrogen) atoms. The number of amides is 2. The number of alkyl halides is 2. The van der Waals surface area contributed by atoms with E-state index in [-0.39, 0.29) is 19.1 Å². The largest absolute Gasteiger partial charge is 0.390 e. The lowest BCUT2D eigenvalue weighted by Gasteiger charge is -2.58. The number of aromatic nitrogens is 3. The van der Waals surface area contributed by atoms with Crippen LogP contribution in [-0.2, 0) is 16.1 Å². The average Bonchev–Trinajstić information content (AvgIpc) is 3.42. The number of rotatable bonds is 2. The highest BCUT2D eigenvalue weighted by Crippen LogP contribution is 2.60. The zero-order valence-electron chi connectivity index (χ0n) is 19.9. The molecular weight excluding hydrogens is 470 g/mol. The highest BCUT2D eigenvalue weighted by Gasteiger charge is 2.56. The summed E-state index contributed by atoms with van der Waals surface area (Å²) in [6, 6.07) is 2.09. The Kier molecular flexibility index (Phi) is 4.66. The van der Waals surface area contributed by atoms with Crippen molar-refractivity contribution in [3.8, 4) is 11.3 Å². The lowest BCUT2D eigenvalue weighted by Crippen LogP contribution is -2.55. The van der Waals surface area contributed by atoms with Crippen molar-refractivity contribution in [2.75, 3.05) is 23.7 Å². The highest BCUT2D eigenvalue weighted by molar-refractivity contribution is 6.39. The van der Waals surface area contributed by atoms with Gasteiger partial charge in [0.2, 0.25) is 0 Å². The summed E-state index contributed by atoms with van der Waals surface area (Å²) in [5.74, 6) is -2.08. The van der Waals surface area contributed by atoms with Crippen LogP contribution in [0.3, 0.4) is 0 Å². The molecule has 2 aromatic rings. The molecule has 2 aliphatic heterocycles. The van der Waals surface area contributed by atoms with Crippen LogP contribution >= 0.6 is 0 Å². The quantitative estimate of drug-likeness (QED) is 0.473. The number of H-pyrrole nitrogens is 1. The van der Waals surface area contributed by atoms with Gasteiger partial charge in [-0.3, -0.25) is 14.3 Å². The molecule has 9 nitrogen and oxygen atoms in total. The summed E-state index contributed by atoms with van der Waals surface area (Å²) < 4.78 is 29.1. The Balaban J connectivity index is 1.21. The Labute approximate surface area is 206 Å². The minimum atomic E-state index is -2.79. The van der Waals surface area contributed by atoms with Crippen LogP contribution in [0.1, 0.15) is 56.6 Å². The van der Waals surface area contributed by atoms with Crippen molar-refractivity contribution in [1.29, 1.82) is 0 Å². The molecule has 6 aliphatic rings. The van der Waals surface area contributed by atoms with Crippen molar-refractivity contribution < 1.29 is 23.5 Å². The number of fused-ring (bicyclic) bond motifs is 3. The van der Waals surface area contributed by atoms with Crippen molar-refractivity contribution in [2.24, 2.45) is 17.8 Å². The molecule has 11 heteroatoms. The maximum atomic E-state index is 13.5. The molecule has 8 rings (SSSR count). The fourth-order valence-corrected chi connectivity index (χ4v) is 7.82. The smallest absolute Gasteiger partial charge is 0.315 e. The fraction of sp³-hybridized carbons (Fsp3) is 0.640. The van der Waals surface area contributed by atoms with Gasteiger partial charge in [-0.1, -0.05) is 0 Å². The van der Waals surface area contributed by atoms with E-state index in [2.05, 4.69) is 15.6 Å². The van der Waals surface area contributed by atoms with Crippen LogP contribution in [0, 0.1) is 17.8 Å². The molecule has 0 aromatic carbocycles. The van der Waals surface area contributed by atoms with E-state index in [1.807, 2.05) is 16.9 Å². The number of aliphatic hydroxyl groups is 1. The van der Waals surface area contributed by atoms with Crippen molar-refractivity contribution in [3.63, 3.8) is 0 Å². The summed E-state index contributed by atoms with van der Waals surface area (Å²) in [5.41, 5.74) is 2.12. The maximum absolute atomic E-state index is 13.5. The number of nitrogens with one attached hydrogen (secondary N) is 3. The lowest BCUT2D eigenvalue weighted by atomic mass is 9.52. The third-order valence-electron chi connectivity index (χ3n) is 9.13. The van der Waals surface area contributed by atoms with Crippen LogP contribution in [0.4, 0.5) is 20.4 Å². The minimum Gasteiger partial charge on any atom is -0.390 e. The van der Waals surface area contributed by atoms with Crippen LogP contribution < -0.4 is 10.6 Å². The number of likely N-dealkylation sites (tertiary alicyclic amines) is 1. The molecule has 3 unspecified atom stereocenters. The second kappa shape index (κ2) is 7.53. The number of nitrogens with zero attached hydrogens (tertiary/aromatic N) is 3. The first-order valence-corrected chi connectivity index (χ1v) is 12.9. The Morgan fingerprint density at radius 1 is 1.14 bits per heavy atom. The number of anilines is 2. The van der Waals surface area contributed by atoms with Gasteiger partial charge in [-0.25, -0.2) is 8.78 Å². The first-order valence-electron chi connectivity index (χ1n) is 12.9. The SMILES string of the molecule is O=C(Nc1nn(C2[C@@H]3CC4C[C@H]2CC(O)(C4)C3)c2c1CNc1[nH]ccc1-2)C(=O)N1CCC(F)(F)CC1. The molecule has 5 atom stereocenters. The molecule has 0 radical (unpaired) electrons. The van der Waals surface area contributed by atoms with Crippen LogP contribution in [0.25, 0.3) is 11.3 Å². The number of hydrogen-bond acceptors (Lipinski definition) is 5. The average molecular weight is 501 g/mol. The first-order chi connectivity index (χ1) is 17.2. The van der Waals surface area contributed by atoms with E-state index >= 15 is 0 Å². The van der Waals surface area contributed by atoms with E-state index in [1.54, 1.807) is 0 Å². The standard InChI is InChI=1S/C25H30F2N6O3/c26-25(27)2-5-32(6-3-25)23(35)22(34)30-21-17-12-29-20-16(1-4-28-20)19(17)33(31-21)18-14-7-13-8-15(18)11-24(36,9-13)10-14/h1,4,13-15,18,28-29,36H,2-3,5-12H2,(H,30,31,34)/t13?,14-,15+,18?,24?. The molecule has 5 fully saturated rings. The summed E-state index contributed by atoms with van der Waals surface area (Å²) in [6.07, 6.45) is 5.53. The molecule has 1 saturated heterocycles. The lowest BCUT2D eigenvalue weighted by molar-refractivity contribution is -0.148. The van der Waals surface area contributed by atoms with E-state index in [0.717, 1.165) is 54.7 Å². The number of carbonyl (C=O) groups excluding carboxylic acids is 2. The van der Waals surface area contributed by atoms with Crippen LogP contribution in [0.2, 0.25) is 0 Å². The number of piperidine rings is 1. The number of aromatic amines is 1. The fourth-order valence-electron chi connectivity index (χ4n) is 7.82. The van der Waals surface area contributed by atoms with E-state index in [9.17, 15) is 23.5 Å². The second-order valence-corrected chi connectivity index (χ2v) is 11.5. The van der Waals surface area contributed by atoms with Crippen molar-refractivity contribution >= 4 is 23.5 Å². The third kappa shape index (κ3) is 3.38. The molecule has 0 spiro atoms. The van der Waals surface area contributed by atoms with Gasteiger partial charge in [-0.2, -0.15) is 5.10 Å². The van der Waals surface area contributed by atoms with Gasteiger partial charge in [0, 0.05) is 49.8 Å². The van der Waals surface area contributed by atoms with Gasteiger partial charge in [-0.05, 0) is 55.9 Å². The molecule has 4 N–H and O–H groups in total. The van der Waals surface area contributed by atoms with Gasteiger partial charge < -0.3 is 25.6 Å². The first kappa shape index (κ1) is 22.3. The molecule has 2 amide bonds. The van der Waals surface area contributed by atoms with Gasteiger partial charge in [0.25, 0.3) is 5.92 Å². The second-order valence-electron chi connectivity index (χ2n) is 11.5. The predicted octanol–water partition coefficient (Wildman–Crippen LogP) is 3.11. The van der Waals surface area contributed by atoms with E-state index in [1.165, 1.54) is 4.90 Å². The normalized spacial score (nSPS) is 33.6. The van der Waals surface area contributed by atoms with Crippen LogP contribution in [-0.4, -0.2) is 61.2 Å². The van der Waals surface area contributed by atoms with E-state index in [4.69, 9.17) is 5.10 Å². The van der Waals surface area contributed by atoms with Gasteiger partial charge in [-0.15, -0.1) is 0 Å². The Morgan fingerprint density at radius 3 is 2.56 bits per heavy atom. The molecule has 2 aromatic heterocycles. The zero-order valence-corrected chi connectivity index (χ0v) is 19.9. The van der Waals surface area contributed by atoms with Gasteiger partial charge in [0.1, 0.15) is 5.82 Å². The molecule has 4 aliphatic carbocycles. The summed E-state index contributed by atoms with van der Waals surface area (Å²) in [6.45, 7) is 0.141. The summed E-state index contributed by atoms with van der Waals surface area (Å²) in [7, 11) is 0. The molecule has 192 valence electrons. The Bertz CT molecular complexity index is 1230. The van der Waals surface area contributed by atoms with E-state index in [0.29, 0.717) is 30.1 Å². The van der Waals surface area contributed by atoms with Crippen molar-refractivity contribution in [2.45, 2.75) is 69.1 Å². The van der Waals surface area contributed by atoms with E-state index < -0.39 is 36.2 Å². The number of carbonyl (C=O) groups is 2. The van der Waals surface area contributed by atoms with Crippen molar-refractivity contribution in [3.05, 3.63) is 17.8 Å². The summed E-state index contributed by atoms with van der Waals surface area (Å²) in [4.78, 5) is 30.1. The van der Waals surface area contributed by atoms with Gasteiger partial charge in [0.15, 0.2) is 5.82 Å². The summed E-state index contributed by atoms with van der Waals surface area (Å²) >= 11 is 0. The van der Waals surface area contributed by atoms with Crippen LogP contribution in [0.5, 0.6) is 0 Å². The topological polar surface area (TPSA) is 115 Å². The maximum Gasteiger partial charge on any atom is 0.315 e. The Morgan fingerprint density at radius 2 is 1.86 bits per heavy atom. The predicted molar refractivity (Wildman–Crippen MR) is 126 cm³/mol. The van der Waals surface area contributed by atoms with Crippen LogP contribution in [0.15, 0.2) is 12.3 Å². The summed E-state index contributed by atoms with van der Waals surface area (Å²) in [5, 5.41) is 22.0. The molecule has 4 bridgehead atoms. The molecule has 4 heterocycles. The monoisotopic (exact) mass is 500 g/mol. The minimum absolute atomic E-state index is 0.113. The number of halogens is 2. The van der Waals surface area contributed by atoms with Gasteiger partial charge >= 0.3 is 11.8 Å². The molecule has 4 saturated carbocycles. The van der Waals surface area contributed by atoms with Crippen molar-refractivity contribution in [1.82, 2.24) is 19.7 Å².